The van der Waals surface area contributed by atoms with Crippen molar-refractivity contribution >= 4 is 15.9 Å². The number of amides is 1. The Kier molecular flexibility index (Phi) is 5.92. The Hall–Kier alpha value is -1.40. The Labute approximate surface area is 127 Å². The van der Waals surface area contributed by atoms with Gasteiger partial charge in [-0.15, -0.1) is 0 Å². The fraction of sp³-hybridized carbons (Fsp3) is 0.533. The zero-order valence-electron chi connectivity index (χ0n) is 13.2. The van der Waals surface area contributed by atoms with Crippen molar-refractivity contribution in [2.75, 3.05) is 13.3 Å². The number of likely N-dealkylation sites (N-methyl/N-ethyl adjacent to an activating group) is 1. The molecule has 0 aliphatic heterocycles. The van der Waals surface area contributed by atoms with E-state index in [1.54, 1.807) is 24.3 Å². The molecule has 0 aliphatic carbocycles. The fourth-order valence-electron chi connectivity index (χ4n) is 1.82. The molecule has 1 aromatic rings. The van der Waals surface area contributed by atoms with Crippen molar-refractivity contribution in [1.29, 1.82) is 0 Å². The lowest BCUT2D eigenvalue weighted by molar-refractivity contribution is -0.125. The highest BCUT2D eigenvalue weighted by Gasteiger charge is 2.31. The minimum absolute atomic E-state index is 0.0309. The molecule has 0 aromatic heterocycles. The quantitative estimate of drug-likeness (QED) is 0.870. The van der Waals surface area contributed by atoms with Crippen LogP contribution in [0.3, 0.4) is 0 Å². The first-order valence-corrected chi connectivity index (χ1v) is 8.77. The van der Waals surface area contributed by atoms with Gasteiger partial charge in [0.15, 0.2) is 0 Å². The summed E-state index contributed by atoms with van der Waals surface area (Å²) < 4.78 is 24.7. The maximum atomic E-state index is 12.5. The number of carbonyl (C=O) groups is 1. The lowest BCUT2D eigenvalue weighted by atomic mass is 10.0. The SMILES string of the molecule is CC(C)[C@H](C)NC(=O)[C@H](c1ccccc1)N(C)S(C)(=O)=O. The van der Waals surface area contributed by atoms with Gasteiger partial charge in [0.1, 0.15) is 6.04 Å². The third kappa shape index (κ3) is 4.82. The number of hydrogen-bond acceptors (Lipinski definition) is 3. The molecular formula is C15H24N2O3S. The first kappa shape index (κ1) is 17.7. The van der Waals surface area contributed by atoms with Crippen LogP contribution in [0.4, 0.5) is 0 Å². The third-order valence-electron chi connectivity index (χ3n) is 3.62. The highest BCUT2D eigenvalue weighted by atomic mass is 32.2. The van der Waals surface area contributed by atoms with Crippen molar-refractivity contribution in [2.24, 2.45) is 5.92 Å². The van der Waals surface area contributed by atoms with E-state index >= 15 is 0 Å². The van der Waals surface area contributed by atoms with Crippen LogP contribution in [0, 0.1) is 5.92 Å². The monoisotopic (exact) mass is 312 g/mol. The van der Waals surface area contributed by atoms with Gasteiger partial charge in [-0.3, -0.25) is 4.79 Å². The van der Waals surface area contributed by atoms with Crippen molar-refractivity contribution in [3.05, 3.63) is 35.9 Å². The second kappa shape index (κ2) is 7.04. The number of sulfonamides is 1. The lowest BCUT2D eigenvalue weighted by Gasteiger charge is -2.28. The number of nitrogens with one attached hydrogen (secondary N) is 1. The highest BCUT2D eigenvalue weighted by Crippen LogP contribution is 2.22. The average Bonchev–Trinajstić information content (AvgIpc) is 2.38. The molecule has 1 N–H and O–H groups in total. The van der Waals surface area contributed by atoms with E-state index in [1.165, 1.54) is 7.05 Å². The van der Waals surface area contributed by atoms with Crippen LogP contribution in [0.5, 0.6) is 0 Å². The van der Waals surface area contributed by atoms with Gasteiger partial charge >= 0.3 is 0 Å². The van der Waals surface area contributed by atoms with Crippen molar-refractivity contribution in [3.63, 3.8) is 0 Å². The van der Waals surface area contributed by atoms with Crippen molar-refractivity contribution in [2.45, 2.75) is 32.9 Å². The molecule has 0 fully saturated rings. The Morgan fingerprint density at radius 1 is 1.14 bits per heavy atom. The van der Waals surface area contributed by atoms with Crippen molar-refractivity contribution < 1.29 is 13.2 Å². The topological polar surface area (TPSA) is 66.5 Å². The van der Waals surface area contributed by atoms with Crippen molar-refractivity contribution in [3.8, 4) is 0 Å². The molecule has 118 valence electrons. The number of nitrogens with zero attached hydrogens (tertiary/aromatic N) is 1. The second-order valence-corrected chi connectivity index (χ2v) is 7.68. The zero-order valence-corrected chi connectivity index (χ0v) is 14.0. The molecule has 0 saturated carbocycles. The number of carbonyl (C=O) groups excluding carboxylic acids is 1. The van der Waals surface area contributed by atoms with E-state index in [0.29, 0.717) is 5.56 Å². The van der Waals surface area contributed by atoms with Crippen LogP contribution in [0.25, 0.3) is 0 Å². The summed E-state index contributed by atoms with van der Waals surface area (Å²) in [6, 6.07) is 8.03. The van der Waals surface area contributed by atoms with E-state index in [1.807, 2.05) is 26.8 Å². The molecule has 1 amide bonds. The Bertz CT molecular complexity index is 570. The van der Waals surface area contributed by atoms with Crippen LogP contribution in [-0.4, -0.2) is 38.0 Å². The molecule has 0 aliphatic rings. The standard InChI is InChI=1S/C15H24N2O3S/c1-11(2)12(3)16-15(18)14(17(4)21(5,19)20)13-9-7-6-8-10-13/h6-12,14H,1-5H3,(H,16,18)/t12-,14-/m0/s1. The van der Waals surface area contributed by atoms with E-state index in [4.69, 9.17) is 0 Å². The van der Waals surface area contributed by atoms with Gasteiger partial charge < -0.3 is 5.32 Å². The van der Waals surface area contributed by atoms with Crippen LogP contribution >= 0.6 is 0 Å². The summed E-state index contributed by atoms with van der Waals surface area (Å²) in [5.41, 5.74) is 0.652. The van der Waals surface area contributed by atoms with Gasteiger partial charge in [0, 0.05) is 13.1 Å². The molecular weight excluding hydrogens is 288 g/mol. The minimum atomic E-state index is -3.48. The van der Waals surface area contributed by atoms with Crippen LogP contribution in [0.1, 0.15) is 32.4 Å². The maximum absolute atomic E-state index is 12.5. The predicted octanol–water partition coefficient (Wildman–Crippen LogP) is 1.78. The first-order valence-electron chi connectivity index (χ1n) is 6.93. The molecule has 0 heterocycles. The molecule has 0 saturated heterocycles. The maximum Gasteiger partial charge on any atom is 0.243 e. The van der Waals surface area contributed by atoms with Gasteiger partial charge in [0.2, 0.25) is 15.9 Å². The summed E-state index contributed by atoms with van der Waals surface area (Å²) >= 11 is 0. The summed E-state index contributed by atoms with van der Waals surface area (Å²) in [5.74, 6) is -0.0377. The lowest BCUT2D eigenvalue weighted by Crippen LogP contribution is -2.45. The fourth-order valence-corrected chi connectivity index (χ4v) is 2.42. The van der Waals surface area contributed by atoms with E-state index in [0.717, 1.165) is 10.6 Å². The van der Waals surface area contributed by atoms with Crippen LogP contribution < -0.4 is 5.32 Å². The number of hydrogen-bond donors (Lipinski definition) is 1. The smallest absolute Gasteiger partial charge is 0.243 e. The first-order chi connectivity index (χ1) is 9.64. The largest absolute Gasteiger partial charge is 0.352 e. The van der Waals surface area contributed by atoms with Gasteiger partial charge in [-0.2, -0.15) is 4.31 Å². The Morgan fingerprint density at radius 3 is 2.10 bits per heavy atom. The summed E-state index contributed by atoms with van der Waals surface area (Å²) in [6.07, 6.45) is 1.10. The van der Waals surface area contributed by atoms with E-state index in [9.17, 15) is 13.2 Å². The van der Waals surface area contributed by atoms with Crippen molar-refractivity contribution in [1.82, 2.24) is 9.62 Å². The molecule has 0 bridgehead atoms. The van der Waals surface area contributed by atoms with E-state index in [-0.39, 0.29) is 17.9 Å². The van der Waals surface area contributed by atoms with Crippen LogP contribution in [0.15, 0.2) is 30.3 Å². The summed E-state index contributed by atoms with van der Waals surface area (Å²) in [5, 5.41) is 2.89. The number of benzene rings is 1. The molecule has 0 unspecified atom stereocenters. The highest BCUT2D eigenvalue weighted by molar-refractivity contribution is 7.88. The van der Waals surface area contributed by atoms with Gasteiger partial charge in [-0.25, -0.2) is 8.42 Å². The van der Waals surface area contributed by atoms with Gasteiger partial charge in [-0.05, 0) is 18.4 Å². The zero-order chi connectivity index (χ0) is 16.2. The molecule has 0 radical (unpaired) electrons. The molecule has 1 rings (SSSR count). The second-order valence-electron chi connectivity index (χ2n) is 5.63. The molecule has 1 aromatic carbocycles. The molecule has 21 heavy (non-hydrogen) atoms. The summed E-state index contributed by atoms with van der Waals surface area (Å²) in [7, 11) is -2.06. The molecule has 2 atom stereocenters. The molecule has 6 heteroatoms. The average molecular weight is 312 g/mol. The normalized spacial score (nSPS) is 15.0. The van der Waals surface area contributed by atoms with Crippen LogP contribution in [-0.2, 0) is 14.8 Å². The van der Waals surface area contributed by atoms with E-state index < -0.39 is 16.1 Å². The van der Waals surface area contributed by atoms with Gasteiger partial charge in [0.05, 0.1) is 6.26 Å². The molecule has 5 nitrogen and oxygen atoms in total. The third-order valence-corrected chi connectivity index (χ3v) is 4.88. The number of rotatable bonds is 6. The summed E-state index contributed by atoms with van der Waals surface area (Å²) in [6.45, 7) is 5.91. The minimum Gasteiger partial charge on any atom is -0.352 e. The Balaban J connectivity index is 3.12. The van der Waals surface area contributed by atoms with Gasteiger partial charge in [0.25, 0.3) is 0 Å². The summed E-state index contributed by atoms with van der Waals surface area (Å²) in [4.78, 5) is 12.5. The Morgan fingerprint density at radius 2 is 1.67 bits per heavy atom. The van der Waals surface area contributed by atoms with Crippen LogP contribution in [0.2, 0.25) is 0 Å². The van der Waals surface area contributed by atoms with E-state index in [2.05, 4.69) is 5.32 Å². The predicted molar refractivity (Wildman–Crippen MR) is 84.2 cm³/mol. The van der Waals surface area contributed by atoms with Gasteiger partial charge in [-0.1, -0.05) is 44.2 Å². The molecule has 0 spiro atoms.